The van der Waals surface area contributed by atoms with Crippen molar-refractivity contribution in [2.75, 3.05) is 19.6 Å². The van der Waals surface area contributed by atoms with E-state index in [1.807, 2.05) is 0 Å². The maximum Gasteiger partial charge on any atom is 0.243 e. The molecule has 2 fully saturated rings. The molecule has 1 aliphatic heterocycles. The summed E-state index contributed by atoms with van der Waals surface area (Å²) in [5.41, 5.74) is 0.927. The highest BCUT2D eigenvalue weighted by atomic mass is 32.2. The van der Waals surface area contributed by atoms with Crippen LogP contribution in [-0.2, 0) is 26.0 Å². The highest BCUT2D eigenvalue weighted by Crippen LogP contribution is 2.38. The Bertz CT molecular complexity index is 1060. The first-order valence-corrected chi connectivity index (χ1v) is 13.5. The summed E-state index contributed by atoms with van der Waals surface area (Å²) in [6.45, 7) is 1.37. The van der Waals surface area contributed by atoms with Crippen molar-refractivity contribution in [3.63, 3.8) is 0 Å². The van der Waals surface area contributed by atoms with Crippen LogP contribution >= 0.6 is 0 Å². The van der Waals surface area contributed by atoms with E-state index in [0.717, 1.165) is 31.4 Å². The molecule has 4 rings (SSSR count). The SMILES string of the molecule is O=C(NCCc1cnc[nH]1)[C@@H]1C[C@H]2C(=O)NCCCCCCN(S(=O)(=O)c3ccccc3)[C@H]2C1. The number of rotatable bonds is 6. The van der Waals surface area contributed by atoms with Crippen LogP contribution in [0.2, 0.25) is 0 Å². The molecular formula is C24H33N5O4S. The molecule has 3 N–H and O–H groups in total. The first kappa shape index (κ1) is 24.4. The molecule has 0 bridgehead atoms. The molecule has 10 heteroatoms. The Morgan fingerprint density at radius 2 is 1.91 bits per heavy atom. The van der Waals surface area contributed by atoms with E-state index in [2.05, 4.69) is 20.6 Å². The largest absolute Gasteiger partial charge is 0.356 e. The Morgan fingerprint density at radius 1 is 1.12 bits per heavy atom. The maximum absolute atomic E-state index is 13.6. The molecular weight excluding hydrogens is 454 g/mol. The maximum atomic E-state index is 13.6. The third-order valence-electron chi connectivity index (χ3n) is 6.81. The van der Waals surface area contributed by atoms with Gasteiger partial charge in [0.25, 0.3) is 0 Å². The van der Waals surface area contributed by atoms with Crippen LogP contribution in [0, 0.1) is 11.8 Å². The van der Waals surface area contributed by atoms with Gasteiger partial charge in [-0.2, -0.15) is 4.31 Å². The number of carbonyl (C=O) groups is 2. The lowest BCUT2D eigenvalue weighted by molar-refractivity contribution is -0.126. The number of benzene rings is 1. The lowest BCUT2D eigenvalue weighted by Gasteiger charge is -2.31. The minimum Gasteiger partial charge on any atom is -0.356 e. The Morgan fingerprint density at radius 3 is 2.68 bits per heavy atom. The van der Waals surface area contributed by atoms with Gasteiger partial charge in [-0.25, -0.2) is 13.4 Å². The standard InChI is InChI=1S/C24H33N5O4S/c30-23(27-12-10-19-16-25-17-28-19)18-14-21-22(15-18)29(13-7-2-1-6-11-26-24(21)31)34(32,33)20-8-4-3-5-9-20/h3-5,8-9,16-18,21-22H,1-2,6-7,10-15H2,(H,25,28)(H,26,31)(H,27,30)/t18-,21-,22+/m1/s1. The van der Waals surface area contributed by atoms with Crippen molar-refractivity contribution in [2.24, 2.45) is 11.8 Å². The fourth-order valence-electron chi connectivity index (χ4n) is 5.00. The molecule has 0 unspecified atom stereocenters. The van der Waals surface area contributed by atoms with Crippen LogP contribution in [0.4, 0.5) is 0 Å². The number of imidazole rings is 1. The molecule has 3 atom stereocenters. The van der Waals surface area contributed by atoms with E-state index in [1.165, 1.54) is 4.31 Å². The number of nitrogens with zero attached hydrogens (tertiary/aromatic N) is 2. The number of hydrogen-bond donors (Lipinski definition) is 3. The number of fused-ring (bicyclic) bond motifs is 1. The first-order valence-electron chi connectivity index (χ1n) is 12.1. The van der Waals surface area contributed by atoms with E-state index in [4.69, 9.17) is 0 Å². The van der Waals surface area contributed by atoms with Gasteiger partial charge in [0.2, 0.25) is 21.8 Å². The number of amides is 2. The molecule has 1 saturated carbocycles. The summed E-state index contributed by atoms with van der Waals surface area (Å²) in [6, 6.07) is 7.81. The number of sulfonamides is 1. The molecule has 1 aromatic heterocycles. The first-order chi connectivity index (χ1) is 16.5. The number of hydrogen-bond acceptors (Lipinski definition) is 5. The zero-order valence-electron chi connectivity index (χ0n) is 19.3. The predicted octanol–water partition coefficient (Wildman–Crippen LogP) is 1.84. The van der Waals surface area contributed by atoms with E-state index in [1.54, 1.807) is 42.9 Å². The average Bonchev–Trinajstić information content (AvgIpc) is 3.51. The van der Waals surface area contributed by atoms with E-state index in [-0.39, 0.29) is 16.7 Å². The van der Waals surface area contributed by atoms with Crippen LogP contribution in [0.25, 0.3) is 0 Å². The predicted molar refractivity (Wildman–Crippen MR) is 127 cm³/mol. The third kappa shape index (κ3) is 5.67. The van der Waals surface area contributed by atoms with E-state index < -0.39 is 27.9 Å². The molecule has 2 heterocycles. The number of nitrogens with one attached hydrogen (secondary N) is 3. The van der Waals surface area contributed by atoms with Gasteiger partial charge in [0.1, 0.15) is 0 Å². The highest BCUT2D eigenvalue weighted by molar-refractivity contribution is 7.89. The summed E-state index contributed by atoms with van der Waals surface area (Å²) in [5, 5.41) is 5.93. The second kappa shape index (κ2) is 11.1. The smallest absolute Gasteiger partial charge is 0.243 e. The van der Waals surface area contributed by atoms with Crippen molar-refractivity contribution in [3.05, 3.63) is 48.5 Å². The van der Waals surface area contributed by atoms with Gasteiger partial charge in [0, 0.05) is 49.9 Å². The summed E-state index contributed by atoms with van der Waals surface area (Å²) in [6.07, 6.45) is 8.04. The topological polar surface area (TPSA) is 124 Å². The van der Waals surface area contributed by atoms with Crippen molar-refractivity contribution >= 4 is 21.8 Å². The van der Waals surface area contributed by atoms with Crippen LogP contribution in [0.15, 0.2) is 47.8 Å². The monoisotopic (exact) mass is 487 g/mol. The van der Waals surface area contributed by atoms with Crippen molar-refractivity contribution in [2.45, 2.75) is 55.9 Å². The minimum atomic E-state index is -3.80. The molecule has 2 aliphatic rings. The van der Waals surface area contributed by atoms with E-state index in [0.29, 0.717) is 38.9 Å². The van der Waals surface area contributed by atoms with Crippen molar-refractivity contribution in [1.29, 1.82) is 0 Å². The van der Waals surface area contributed by atoms with Crippen LogP contribution in [-0.4, -0.2) is 60.2 Å². The van der Waals surface area contributed by atoms with Gasteiger partial charge in [-0.1, -0.05) is 31.0 Å². The molecule has 9 nitrogen and oxygen atoms in total. The Hall–Kier alpha value is -2.72. The minimum absolute atomic E-state index is 0.135. The molecule has 0 spiro atoms. The van der Waals surface area contributed by atoms with E-state index in [9.17, 15) is 18.0 Å². The van der Waals surface area contributed by atoms with Gasteiger partial charge < -0.3 is 15.6 Å². The van der Waals surface area contributed by atoms with Gasteiger partial charge in [0.15, 0.2) is 0 Å². The number of aromatic nitrogens is 2. The van der Waals surface area contributed by atoms with Gasteiger partial charge in [0.05, 0.1) is 17.1 Å². The Balaban J connectivity index is 1.54. The zero-order valence-corrected chi connectivity index (χ0v) is 20.1. The van der Waals surface area contributed by atoms with Crippen molar-refractivity contribution < 1.29 is 18.0 Å². The second-order valence-corrected chi connectivity index (χ2v) is 11.0. The summed E-state index contributed by atoms with van der Waals surface area (Å²) < 4.78 is 28.8. The Labute approximate surface area is 200 Å². The summed E-state index contributed by atoms with van der Waals surface area (Å²) in [5.74, 6) is -1.27. The lowest BCUT2D eigenvalue weighted by atomic mass is 10.0. The van der Waals surface area contributed by atoms with Crippen LogP contribution in [0.5, 0.6) is 0 Å². The van der Waals surface area contributed by atoms with Crippen molar-refractivity contribution in [1.82, 2.24) is 24.9 Å². The molecule has 2 aromatic rings. The molecule has 184 valence electrons. The molecule has 34 heavy (non-hydrogen) atoms. The molecule has 1 aromatic carbocycles. The zero-order chi connectivity index (χ0) is 24.0. The van der Waals surface area contributed by atoms with Crippen LogP contribution in [0.1, 0.15) is 44.2 Å². The van der Waals surface area contributed by atoms with Gasteiger partial charge >= 0.3 is 0 Å². The van der Waals surface area contributed by atoms with Crippen molar-refractivity contribution in [3.8, 4) is 0 Å². The second-order valence-electron chi connectivity index (χ2n) is 9.09. The fourth-order valence-corrected chi connectivity index (χ4v) is 6.73. The van der Waals surface area contributed by atoms with Gasteiger partial charge in [-0.3, -0.25) is 9.59 Å². The van der Waals surface area contributed by atoms with Crippen LogP contribution < -0.4 is 10.6 Å². The molecule has 2 amide bonds. The highest BCUT2D eigenvalue weighted by Gasteiger charge is 2.47. The molecule has 1 aliphatic carbocycles. The number of H-pyrrole nitrogens is 1. The molecule has 0 radical (unpaired) electrons. The molecule has 1 saturated heterocycles. The van der Waals surface area contributed by atoms with Gasteiger partial charge in [-0.15, -0.1) is 0 Å². The van der Waals surface area contributed by atoms with Gasteiger partial charge in [-0.05, 0) is 37.8 Å². The van der Waals surface area contributed by atoms with Crippen LogP contribution in [0.3, 0.4) is 0 Å². The normalized spacial score (nSPS) is 24.6. The summed E-state index contributed by atoms with van der Waals surface area (Å²) in [7, 11) is -3.80. The number of aromatic amines is 1. The lowest BCUT2D eigenvalue weighted by Crippen LogP contribution is -2.47. The quantitative estimate of drug-likeness (QED) is 0.574. The average molecular weight is 488 g/mol. The Kier molecular flexibility index (Phi) is 7.99. The number of carbonyl (C=O) groups excluding carboxylic acids is 2. The summed E-state index contributed by atoms with van der Waals surface area (Å²) in [4.78, 5) is 33.3. The summed E-state index contributed by atoms with van der Waals surface area (Å²) >= 11 is 0. The third-order valence-corrected chi connectivity index (χ3v) is 8.75. The van der Waals surface area contributed by atoms with E-state index >= 15 is 0 Å². The fraction of sp³-hybridized carbons (Fsp3) is 0.542.